The van der Waals surface area contributed by atoms with Crippen molar-refractivity contribution in [1.29, 1.82) is 0 Å². The van der Waals surface area contributed by atoms with E-state index in [4.69, 9.17) is 5.11 Å². The van der Waals surface area contributed by atoms with Gasteiger partial charge in [-0.05, 0) is 5.56 Å². The number of carboxylic acid groups (broad SMARTS) is 1. The number of hydrogen-bond donors (Lipinski definition) is 2. The maximum absolute atomic E-state index is 10.6. The molecule has 1 atom stereocenters. The number of nitrogens with zero attached hydrogens (tertiary/aromatic N) is 2. The average Bonchev–Trinajstić information content (AvgIpc) is 2.41. The van der Waals surface area contributed by atoms with Crippen LogP contribution in [0.4, 0.5) is 0 Å². The molecule has 1 heterocycles. The molecule has 1 saturated heterocycles. The first-order valence-electron chi connectivity index (χ1n) is 6.54. The third kappa shape index (κ3) is 4.31. The molecule has 1 aliphatic heterocycles. The molecule has 1 aromatic rings. The van der Waals surface area contributed by atoms with E-state index in [-0.39, 0.29) is 6.54 Å². The second kappa shape index (κ2) is 6.65. The zero-order valence-electron chi connectivity index (χ0n) is 10.9. The van der Waals surface area contributed by atoms with Crippen LogP contribution in [0.3, 0.4) is 0 Å². The minimum absolute atomic E-state index is 0.106. The molecule has 0 saturated carbocycles. The SMILES string of the molecule is O=C(O)CN1CCN(CC(O)c2ccccc2)CC1. The molecule has 5 nitrogen and oxygen atoms in total. The van der Waals surface area contributed by atoms with Crippen molar-refractivity contribution in [2.75, 3.05) is 39.3 Å². The fourth-order valence-corrected chi connectivity index (χ4v) is 2.35. The first kappa shape index (κ1) is 14.0. The Morgan fingerprint density at radius 3 is 2.26 bits per heavy atom. The molecule has 1 aliphatic rings. The second-order valence-corrected chi connectivity index (χ2v) is 4.90. The fraction of sp³-hybridized carbons (Fsp3) is 0.500. The molecular weight excluding hydrogens is 244 g/mol. The minimum atomic E-state index is -0.780. The van der Waals surface area contributed by atoms with Crippen LogP contribution >= 0.6 is 0 Å². The predicted octanol–water partition coefficient (Wildman–Crippen LogP) is 0.422. The summed E-state index contributed by atoms with van der Waals surface area (Å²) in [7, 11) is 0. The van der Waals surface area contributed by atoms with Crippen LogP contribution in [0.5, 0.6) is 0 Å². The van der Waals surface area contributed by atoms with Crippen LogP contribution in [0.1, 0.15) is 11.7 Å². The van der Waals surface area contributed by atoms with Crippen molar-refractivity contribution in [3.05, 3.63) is 35.9 Å². The van der Waals surface area contributed by atoms with Gasteiger partial charge in [-0.3, -0.25) is 14.6 Å². The number of carbonyl (C=O) groups is 1. The Morgan fingerprint density at radius 1 is 1.11 bits per heavy atom. The van der Waals surface area contributed by atoms with Gasteiger partial charge in [0.2, 0.25) is 0 Å². The number of benzene rings is 1. The van der Waals surface area contributed by atoms with Crippen LogP contribution in [0.25, 0.3) is 0 Å². The molecule has 19 heavy (non-hydrogen) atoms. The van der Waals surface area contributed by atoms with E-state index in [0.29, 0.717) is 6.54 Å². The molecule has 0 aliphatic carbocycles. The van der Waals surface area contributed by atoms with Crippen molar-refractivity contribution in [2.45, 2.75) is 6.10 Å². The van der Waals surface area contributed by atoms with Gasteiger partial charge in [0.25, 0.3) is 0 Å². The first-order valence-corrected chi connectivity index (χ1v) is 6.54. The average molecular weight is 264 g/mol. The Bertz CT molecular complexity index is 402. The van der Waals surface area contributed by atoms with Crippen LogP contribution < -0.4 is 0 Å². The third-order valence-corrected chi connectivity index (χ3v) is 3.44. The van der Waals surface area contributed by atoms with E-state index >= 15 is 0 Å². The largest absolute Gasteiger partial charge is 0.480 e. The van der Waals surface area contributed by atoms with Crippen LogP contribution in [-0.2, 0) is 4.79 Å². The highest BCUT2D eigenvalue weighted by Crippen LogP contribution is 2.14. The summed E-state index contributed by atoms with van der Waals surface area (Å²) in [6.45, 7) is 3.80. The summed E-state index contributed by atoms with van der Waals surface area (Å²) >= 11 is 0. The molecule has 104 valence electrons. The lowest BCUT2D eigenvalue weighted by Gasteiger charge is -2.34. The van der Waals surface area contributed by atoms with E-state index in [1.807, 2.05) is 35.2 Å². The molecule has 2 N–H and O–H groups in total. The van der Waals surface area contributed by atoms with Crippen LogP contribution in [0, 0.1) is 0 Å². The first-order chi connectivity index (χ1) is 9.15. The monoisotopic (exact) mass is 264 g/mol. The second-order valence-electron chi connectivity index (χ2n) is 4.90. The number of piperazine rings is 1. The summed E-state index contributed by atoms with van der Waals surface area (Å²) in [5.41, 5.74) is 0.926. The summed E-state index contributed by atoms with van der Waals surface area (Å²) in [5.74, 6) is -0.780. The zero-order chi connectivity index (χ0) is 13.7. The molecule has 0 radical (unpaired) electrons. The van der Waals surface area contributed by atoms with Crippen molar-refractivity contribution >= 4 is 5.97 Å². The Hall–Kier alpha value is -1.43. The van der Waals surface area contributed by atoms with E-state index in [0.717, 1.165) is 31.7 Å². The molecule has 0 aromatic heterocycles. The van der Waals surface area contributed by atoms with Crippen molar-refractivity contribution in [1.82, 2.24) is 9.80 Å². The van der Waals surface area contributed by atoms with Gasteiger partial charge in [-0.25, -0.2) is 0 Å². The number of aliphatic hydroxyl groups excluding tert-OH is 1. The van der Waals surface area contributed by atoms with Gasteiger partial charge in [0.1, 0.15) is 0 Å². The quantitative estimate of drug-likeness (QED) is 0.807. The summed E-state index contributed by atoms with van der Waals surface area (Å²) in [6.07, 6.45) is -0.479. The number of aliphatic hydroxyl groups is 1. The summed E-state index contributed by atoms with van der Waals surface area (Å²) < 4.78 is 0. The van der Waals surface area contributed by atoms with Crippen LogP contribution in [-0.4, -0.2) is 65.3 Å². The lowest BCUT2D eigenvalue weighted by atomic mass is 10.1. The molecule has 0 amide bonds. The van der Waals surface area contributed by atoms with Crippen LogP contribution in [0.15, 0.2) is 30.3 Å². The van der Waals surface area contributed by atoms with Gasteiger partial charge in [0.05, 0.1) is 12.6 Å². The highest BCUT2D eigenvalue weighted by Gasteiger charge is 2.20. The molecule has 0 spiro atoms. The summed E-state index contributed by atoms with van der Waals surface area (Å²) in [5, 5.41) is 18.9. The minimum Gasteiger partial charge on any atom is -0.480 e. The van der Waals surface area contributed by atoms with Crippen molar-refractivity contribution in [3.8, 4) is 0 Å². The number of hydrogen-bond acceptors (Lipinski definition) is 4. The van der Waals surface area contributed by atoms with Gasteiger partial charge in [-0.2, -0.15) is 0 Å². The normalized spacial score (nSPS) is 19.2. The number of β-amino-alcohol motifs (C(OH)–C–C–N with tert-alkyl or cyclic N) is 1. The smallest absolute Gasteiger partial charge is 0.317 e. The standard InChI is InChI=1S/C14H20N2O3/c17-13(12-4-2-1-3-5-12)10-15-6-8-16(9-7-15)11-14(18)19/h1-5,13,17H,6-11H2,(H,18,19). The van der Waals surface area contributed by atoms with Gasteiger partial charge in [0.15, 0.2) is 0 Å². The van der Waals surface area contributed by atoms with Crippen LogP contribution in [0.2, 0.25) is 0 Å². The third-order valence-electron chi connectivity index (χ3n) is 3.44. The van der Waals surface area contributed by atoms with Crippen molar-refractivity contribution in [3.63, 3.8) is 0 Å². The highest BCUT2D eigenvalue weighted by atomic mass is 16.4. The van der Waals surface area contributed by atoms with Gasteiger partial charge >= 0.3 is 5.97 Å². The molecule has 1 aromatic carbocycles. The number of aliphatic carboxylic acids is 1. The Morgan fingerprint density at radius 2 is 1.68 bits per heavy atom. The Balaban J connectivity index is 1.78. The maximum atomic E-state index is 10.6. The van der Waals surface area contributed by atoms with Gasteiger partial charge in [0, 0.05) is 32.7 Å². The number of carboxylic acids is 1. The van der Waals surface area contributed by atoms with Crippen molar-refractivity contribution < 1.29 is 15.0 Å². The Labute approximate surface area is 113 Å². The molecule has 5 heteroatoms. The van der Waals surface area contributed by atoms with Gasteiger partial charge in [-0.1, -0.05) is 30.3 Å². The lowest BCUT2D eigenvalue weighted by Crippen LogP contribution is -2.48. The molecule has 1 fully saturated rings. The van der Waals surface area contributed by atoms with Crippen molar-refractivity contribution in [2.24, 2.45) is 0 Å². The fourth-order valence-electron chi connectivity index (χ4n) is 2.35. The molecule has 2 rings (SSSR count). The predicted molar refractivity (Wildman–Crippen MR) is 71.9 cm³/mol. The topological polar surface area (TPSA) is 64.0 Å². The van der Waals surface area contributed by atoms with Gasteiger partial charge in [-0.15, -0.1) is 0 Å². The summed E-state index contributed by atoms with van der Waals surface area (Å²) in [6, 6.07) is 9.62. The Kier molecular flexibility index (Phi) is 4.90. The van der Waals surface area contributed by atoms with E-state index in [1.54, 1.807) is 0 Å². The van der Waals surface area contributed by atoms with E-state index in [9.17, 15) is 9.90 Å². The molecule has 1 unspecified atom stereocenters. The zero-order valence-corrected chi connectivity index (χ0v) is 10.9. The van der Waals surface area contributed by atoms with E-state index in [1.165, 1.54) is 0 Å². The lowest BCUT2D eigenvalue weighted by molar-refractivity contribution is -0.138. The van der Waals surface area contributed by atoms with Gasteiger partial charge < -0.3 is 10.2 Å². The summed E-state index contributed by atoms with van der Waals surface area (Å²) in [4.78, 5) is 14.7. The molecule has 0 bridgehead atoms. The molecular formula is C14H20N2O3. The maximum Gasteiger partial charge on any atom is 0.317 e. The highest BCUT2D eigenvalue weighted by molar-refractivity contribution is 5.69. The van der Waals surface area contributed by atoms with E-state index < -0.39 is 12.1 Å². The number of rotatable bonds is 5. The van der Waals surface area contributed by atoms with E-state index in [2.05, 4.69) is 4.90 Å².